The molecule has 2 atom stereocenters. The van der Waals surface area contributed by atoms with Gasteiger partial charge in [-0.05, 0) is 68.8 Å². The van der Waals surface area contributed by atoms with E-state index in [0.29, 0.717) is 59.2 Å². The maximum atomic E-state index is 13.5. The number of sulfonamides is 1. The summed E-state index contributed by atoms with van der Waals surface area (Å²) in [7, 11) is 0.279. The highest BCUT2D eigenvalue weighted by Crippen LogP contribution is 2.33. The minimum absolute atomic E-state index is 0. The molecule has 0 aliphatic carbocycles. The molecule has 0 saturated carbocycles. The number of fused-ring (bicyclic) bond motifs is 1. The van der Waals surface area contributed by atoms with E-state index in [1.807, 2.05) is 31.1 Å². The van der Waals surface area contributed by atoms with E-state index < -0.39 is 10.0 Å². The Bertz CT molecular complexity index is 1300. The van der Waals surface area contributed by atoms with Gasteiger partial charge in [0.2, 0.25) is 10.0 Å². The summed E-state index contributed by atoms with van der Waals surface area (Å²) in [5, 5.41) is 1.11. The third-order valence-corrected chi connectivity index (χ3v) is 9.37. The van der Waals surface area contributed by atoms with Crippen molar-refractivity contribution in [3.8, 4) is 0 Å². The van der Waals surface area contributed by atoms with Gasteiger partial charge >= 0.3 is 0 Å². The summed E-state index contributed by atoms with van der Waals surface area (Å²) >= 11 is 7.72. The van der Waals surface area contributed by atoms with Crippen molar-refractivity contribution in [3.63, 3.8) is 0 Å². The molecular weight excluding hydrogens is 539 g/mol. The Morgan fingerprint density at radius 2 is 1.72 bits per heavy atom. The highest BCUT2D eigenvalue weighted by Gasteiger charge is 2.32. The Hall–Kier alpha value is -1.75. The molecule has 1 aromatic heterocycles. The van der Waals surface area contributed by atoms with Crippen molar-refractivity contribution in [1.82, 2.24) is 14.2 Å². The fourth-order valence-electron chi connectivity index (χ4n) is 4.48. The van der Waals surface area contributed by atoms with Crippen LogP contribution in [0.4, 0.5) is 5.13 Å². The zero-order valence-corrected chi connectivity index (χ0v) is 24.1. The van der Waals surface area contributed by atoms with E-state index in [0.717, 1.165) is 11.1 Å². The summed E-state index contributed by atoms with van der Waals surface area (Å²) in [6.07, 6.45) is 1.03. The maximum absolute atomic E-state index is 13.5. The average Bonchev–Trinajstić information content (AvgIpc) is 3.24. The molecule has 0 spiro atoms. The number of para-hydroxylation sites is 1. The van der Waals surface area contributed by atoms with Crippen LogP contribution in [0.3, 0.4) is 0 Å². The number of piperidine rings is 1. The van der Waals surface area contributed by atoms with Gasteiger partial charge in [-0.15, -0.1) is 12.4 Å². The Balaban J connectivity index is 0.00000361. The maximum Gasteiger partial charge on any atom is 0.260 e. The Morgan fingerprint density at radius 3 is 2.31 bits per heavy atom. The van der Waals surface area contributed by atoms with Crippen molar-refractivity contribution in [2.24, 2.45) is 11.8 Å². The van der Waals surface area contributed by atoms with E-state index in [1.54, 1.807) is 27.4 Å². The summed E-state index contributed by atoms with van der Waals surface area (Å²) in [4.78, 5) is 22.0. The van der Waals surface area contributed by atoms with Crippen LogP contribution in [0.5, 0.6) is 0 Å². The molecule has 3 aromatic rings. The molecule has 1 saturated heterocycles. The zero-order chi connectivity index (χ0) is 25.3. The second-order valence-electron chi connectivity index (χ2n) is 9.64. The van der Waals surface area contributed by atoms with Gasteiger partial charge in [-0.2, -0.15) is 4.31 Å². The molecule has 2 aromatic carbocycles. The van der Waals surface area contributed by atoms with E-state index in [2.05, 4.69) is 18.8 Å². The van der Waals surface area contributed by atoms with E-state index in [1.165, 1.54) is 23.5 Å². The molecule has 11 heteroatoms. The largest absolute Gasteiger partial charge is 0.308 e. The number of amides is 1. The Morgan fingerprint density at radius 1 is 1.08 bits per heavy atom. The van der Waals surface area contributed by atoms with Gasteiger partial charge in [-0.25, -0.2) is 13.4 Å². The van der Waals surface area contributed by atoms with Gasteiger partial charge in [0.1, 0.15) is 5.52 Å². The second-order valence-corrected chi connectivity index (χ2v) is 13.0. The molecule has 0 N–H and O–H groups in total. The molecule has 1 aliphatic heterocycles. The van der Waals surface area contributed by atoms with Gasteiger partial charge in [-0.3, -0.25) is 9.69 Å². The number of benzene rings is 2. The highest BCUT2D eigenvalue weighted by atomic mass is 35.5. The number of aromatic nitrogens is 1. The number of halogens is 2. The smallest absolute Gasteiger partial charge is 0.260 e. The lowest BCUT2D eigenvalue weighted by Gasteiger charge is -2.34. The molecule has 36 heavy (non-hydrogen) atoms. The van der Waals surface area contributed by atoms with Crippen LogP contribution in [0.2, 0.25) is 5.02 Å². The first kappa shape index (κ1) is 28.8. The molecular formula is C25H32Cl2N4O3S2. The van der Waals surface area contributed by atoms with Gasteiger partial charge in [0.05, 0.1) is 14.6 Å². The van der Waals surface area contributed by atoms with Crippen molar-refractivity contribution >= 4 is 66.6 Å². The van der Waals surface area contributed by atoms with Crippen molar-refractivity contribution in [1.29, 1.82) is 0 Å². The van der Waals surface area contributed by atoms with Crippen LogP contribution in [0, 0.1) is 11.8 Å². The minimum Gasteiger partial charge on any atom is -0.308 e. The molecule has 0 bridgehead atoms. The van der Waals surface area contributed by atoms with Gasteiger partial charge in [0, 0.05) is 31.7 Å². The van der Waals surface area contributed by atoms with Crippen LogP contribution in [-0.2, 0) is 10.0 Å². The lowest BCUT2D eigenvalue weighted by atomic mass is 9.94. The lowest BCUT2D eigenvalue weighted by Crippen LogP contribution is -2.42. The van der Waals surface area contributed by atoms with Crippen molar-refractivity contribution in [2.45, 2.75) is 25.2 Å². The monoisotopic (exact) mass is 570 g/mol. The molecule has 7 nitrogen and oxygen atoms in total. The average molecular weight is 572 g/mol. The first-order valence-corrected chi connectivity index (χ1v) is 14.3. The van der Waals surface area contributed by atoms with Crippen molar-refractivity contribution in [2.75, 3.05) is 45.2 Å². The number of hydrogen-bond acceptors (Lipinski definition) is 6. The third-order valence-electron chi connectivity index (χ3n) is 6.18. The van der Waals surface area contributed by atoms with Crippen LogP contribution in [0.1, 0.15) is 30.6 Å². The molecule has 1 fully saturated rings. The second kappa shape index (κ2) is 11.8. The number of carbonyl (C=O) groups excluding carboxylic acids is 1. The highest BCUT2D eigenvalue weighted by molar-refractivity contribution is 7.89. The number of rotatable bonds is 7. The third kappa shape index (κ3) is 6.20. The number of hydrogen-bond donors (Lipinski definition) is 0. The standard InChI is InChI=1S/C25H31ClN4O3S2.ClH/c1-17-14-18(2)16-29(15-17)35(32,33)20-10-8-19(9-11-20)24(31)30(13-12-28(3)4)25-27-23-21(26)6-5-7-22(23)34-25;/h5-11,17-18H,12-16H2,1-4H3;1H. The number of likely N-dealkylation sites (N-methyl/N-ethyl adjacent to an activating group) is 1. The molecule has 0 radical (unpaired) electrons. The van der Waals surface area contributed by atoms with Crippen LogP contribution >= 0.6 is 35.3 Å². The van der Waals surface area contributed by atoms with Gasteiger partial charge in [0.15, 0.2) is 5.13 Å². The van der Waals surface area contributed by atoms with Crippen molar-refractivity contribution in [3.05, 3.63) is 53.1 Å². The zero-order valence-electron chi connectivity index (χ0n) is 20.8. The number of nitrogens with zero attached hydrogens (tertiary/aromatic N) is 4. The van der Waals surface area contributed by atoms with Gasteiger partial charge in [-0.1, -0.05) is 42.9 Å². The van der Waals surface area contributed by atoms with Crippen LogP contribution in [0.15, 0.2) is 47.4 Å². The lowest BCUT2D eigenvalue weighted by molar-refractivity contribution is 0.0985. The molecule has 2 heterocycles. The van der Waals surface area contributed by atoms with Crippen LogP contribution in [-0.4, -0.2) is 68.8 Å². The topological polar surface area (TPSA) is 73.8 Å². The summed E-state index contributed by atoms with van der Waals surface area (Å²) in [5.41, 5.74) is 1.08. The number of thiazole rings is 1. The van der Waals surface area contributed by atoms with Gasteiger partial charge < -0.3 is 4.90 Å². The van der Waals surface area contributed by atoms with E-state index in [4.69, 9.17) is 11.6 Å². The Kier molecular flexibility index (Phi) is 9.41. The number of carbonyl (C=O) groups is 1. The summed E-state index contributed by atoms with van der Waals surface area (Å²) < 4.78 is 28.9. The first-order valence-electron chi connectivity index (χ1n) is 11.7. The molecule has 1 amide bonds. The fraction of sp³-hybridized carbons (Fsp3) is 0.440. The van der Waals surface area contributed by atoms with Crippen molar-refractivity contribution < 1.29 is 13.2 Å². The first-order chi connectivity index (χ1) is 16.6. The Labute approximate surface area is 228 Å². The molecule has 1 aliphatic rings. The predicted molar refractivity (Wildman–Crippen MR) is 150 cm³/mol. The summed E-state index contributed by atoms with van der Waals surface area (Å²) in [6.45, 7) is 6.28. The molecule has 2 unspecified atom stereocenters. The van der Waals surface area contributed by atoms with E-state index in [9.17, 15) is 13.2 Å². The summed E-state index contributed by atoms with van der Waals surface area (Å²) in [6, 6.07) is 11.8. The van der Waals surface area contributed by atoms with Crippen LogP contribution < -0.4 is 4.90 Å². The van der Waals surface area contributed by atoms with E-state index >= 15 is 0 Å². The number of anilines is 1. The minimum atomic E-state index is -3.61. The predicted octanol–water partition coefficient (Wildman–Crippen LogP) is 5.25. The normalized spacial score (nSPS) is 18.8. The fourth-order valence-corrected chi connectivity index (χ4v) is 7.45. The van der Waals surface area contributed by atoms with Crippen LogP contribution in [0.25, 0.3) is 10.2 Å². The molecule has 4 rings (SSSR count). The van der Waals surface area contributed by atoms with E-state index in [-0.39, 0.29) is 23.2 Å². The molecule has 196 valence electrons. The quantitative estimate of drug-likeness (QED) is 0.388. The van der Waals surface area contributed by atoms with Gasteiger partial charge in [0.25, 0.3) is 5.91 Å². The SMILES string of the molecule is CC1CC(C)CN(S(=O)(=O)c2ccc(C(=O)N(CCN(C)C)c3nc4c(Cl)cccc4s3)cc2)C1.Cl. The summed E-state index contributed by atoms with van der Waals surface area (Å²) in [5.74, 6) is 0.412.